The summed E-state index contributed by atoms with van der Waals surface area (Å²) in [6.07, 6.45) is 1.33. The first-order valence-electron chi connectivity index (χ1n) is 7.10. The second-order valence-electron chi connectivity index (χ2n) is 5.35. The molecule has 0 saturated heterocycles. The summed E-state index contributed by atoms with van der Waals surface area (Å²) in [5.41, 5.74) is 1.80. The van der Waals surface area contributed by atoms with Gasteiger partial charge in [0.2, 0.25) is 11.9 Å². The zero-order valence-electron chi connectivity index (χ0n) is 11.7. The number of amides is 1. The Bertz CT molecular complexity index is 707. The molecule has 2 unspecified atom stereocenters. The second kappa shape index (κ2) is 5.20. The smallest absolute Gasteiger partial charge is 0.307 e. The zero-order valence-corrected chi connectivity index (χ0v) is 11.7. The second-order valence-corrected chi connectivity index (χ2v) is 5.35. The molecule has 0 radical (unpaired) electrons. The van der Waals surface area contributed by atoms with E-state index in [0.29, 0.717) is 12.4 Å². The number of aromatic nitrogens is 2. The molecule has 1 heterocycles. The molecule has 6 nitrogen and oxygen atoms in total. The summed E-state index contributed by atoms with van der Waals surface area (Å²) in [6.45, 7) is 2.81. The highest BCUT2D eigenvalue weighted by atomic mass is 16.4. The molecule has 1 amide bonds. The fourth-order valence-corrected chi connectivity index (χ4v) is 2.58. The lowest BCUT2D eigenvalue weighted by atomic mass is 10.3. The SMILES string of the molecule is CCCn1c(NC(=O)C2CC2C(=O)O)nc2ccccc21. The van der Waals surface area contributed by atoms with Crippen LogP contribution in [0.1, 0.15) is 19.8 Å². The van der Waals surface area contributed by atoms with Crippen molar-refractivity contribution in [1.82, 2.24) is 9.55 Å². The lowest BCUT2D eigenvalue weighted by molar-refractivity contribution is -0.139. The van der Waals surface area contributed by atoms with E-state index < -0.39 is 17.8 Å². The van der Waals surface area contributed by atoms with Gasteiger partial charge < -0.3 is 9.67 Å². The van der Waals surface area contributed by atoms with Gasteiger partial charge in [0.1, 0.15) is 0 Å². The van der Waals surface area contributed by atoms with Crippen LogP contribution in [0.5, 0.6) is 0 Å². The van der Waals surface area contributed by atoms with Gasteiger partial charge in [0.05, 0.1) is 22.9 Å². The molecule has 0 bridgehead atoms. The molecule has 6 heteroatoms. The van der Waals surface area contributed by atoms with Gasteiger partial charge in [-0.15, -0.1) is 0 Å². The van der Waals surface area contributed by atoms with E-state index >= 15 is 0 Å². The van der Waals surface area contributed by atoms with Gasteiger partial charge in [-0.25, -0.2) is 4.98 Å². The van der Waals surface area contributed by atoms with Gasteiger partial charge >= 0.3 is 5.97 Å². The van der Waals surface area contributed by atoms with Crippen LogP contribution in [0.4, 0.5) is 5.95 Å². The molecule has 1 aromatic heterocycles. The van der Waals surface area contributed by atoms with Crippen LogP contribution in [0.15, 0.2) is 24.3 Å². The minimum atomic E-state index is -0.905. The van der Waals surface area contributed by atoms with Gasteiger partial charge in [-0.3, -0.25) is 14.9 Å². The third-order valence-corrected chi connectivity index (χ3v) is 3.78. The first-order chi connectivity index (χ1) is 10.1. The monoisotopic (exact) mass is 287 g/mol. The summed E-state index contributed by atoms with van der Waals surface area (Å²) in [4.78, 5) is 27.4. The molecule has 1 aromatic carbocycles. The molecule has 1 fully saturated rings. The van der Waals surface area contributed by atoms with Crippen LogP contribution in [-0.4, -0.2) is 26.5 Å². The number of anilines is 1. The number of carboxylic acid groups (broad SMARTS) is 1. The normalized spacial score (nSPS) is 20.4. The van der Waals surface area contributed by atoms with Gasteiger partial charge in [-0.1, -0.05) is 19.1 Å². The quantitative estimate of drug-likeness (QED) is 0.882. The Hall–Kier alpha value is -2.37. The van der Waals surface area contributed by atoms with E-state index in [1.54, 1.807) is 0 Å². The number of aryl methyl sites for hydroxylation is 1. The number of rotatable bonds is 5. The number of para-hydroxylation sites is 2. The highest BCUT2D eigenvalue weighted by molar-refractivity contribution is 5.98. The van der Waals surface area contributed by atoms with Crippen LogP contribution in [-0.2, 0) is 16.1 Å². The fraction of sp³-hybridized carbons (Fsp3) is 0.400. The number of carboxylic acids is 1. The summed E-state index contributed by atoms with van der Waals surface area (Å²) >= 11 is 0. The van der Waals surface area contributed by atoms with Crippen LogP contribution >= 0.6 is 0 Å². The lowest BCUT2D eigenvalue weighted by Gasteiger charge is -2.08. The Morgan fingerprint density at radius 2 is 2.14 bits per heavy atom. The van der Waals surface area contributed by atoms with Gasteiger partial charge in [0.25, 0.3) is 0 Å². The van der Waals surface area contributed by atoms with E-state index in [1.807, 2.05) is 28.8 Å². The molecule has 1 aliphatic carbocycles. The van der Waals surface area contributed by atoms with Gasteiger partial charge in [-0.05, 0) is 25.0 Å². The third-order valence-electron chi connectivity index (χ3n) is 3.78. The Balaban J connectivity index is 1.85. The predicted molar refractivity (Wildman–Crippen MR) is 77.9 cm³/mol. The summed E-state index contributed by atoms with van der Waals surface area (Å²) < 4.78 is 1.96. The molecule has 0 aliphatic heterocycles. The van der Waals surface area contributed by atoms with E-state index in [2.05, 4.69) is 17.2 Å². The molecule has 110 valence electrons. The van der Waals surface area contributed by atoms with Crippen LogP contribution in [0.25, 0.3) is 11.0 Å². The number of benzene rings is 1. The Morgan fingerprint density at radius 1 is 1.38 bits per heavy atom. The van der Waals surface area contributed by atoms with E-state index in [1.165, 1.54) is 0 Å². The maximum atomic E-state index is 12.1. The maximum absolute atomic E-state index is 12.1. The standard InChI is InChI=1S/C15H17N3O3/c1-2-7-18-12-6-4-3-5-11(12)16-15(18)17-13(19)9-8-10(9)14(20)21/h3-6,9-10H,2,7-8H2,1H3,(H,20,21)(H,16,17,19). The largest absolute Gasteiger partial charge is 0.481 e. The molecule has 2 aromatic rings. The minimum Gasteiger partial charge on any atom is -0.481 e. The molecular formula is C15H17N3O3. The minimum absolute atomic E-state index is 0.255. The number of fused-ring (bicyclic) bond motifs is 1. The molecular weight excluding hydrogens is 270 g/mol. The summed E-state index contributed by atoms with van der Waals surface area (Å²) in [7, 11) is 0. The van der Waals surface area contributed by atoms with Crippen molar-refractivity contribution in [2.24, 2.45) is 11.8 Å². The highest BCUT2D eigenvalue weighted by Gasteiger charge is 2.48. The van der Waals surface area contributed by atoms with Crippen molar-refractivity contribution in [3.63, 3.8) is 0 Å². The van der Waals surface area contributed by atoms with Crippen molar-refractivity contribution >= 4 is 28.9 Å². The fourth-order valence-electron chi connectivity index (χ4n) is 2.58. The molecule has 0 spiro atoms. The number of nitrogens with zero attached hydrogens (tertiary/aromatic N) is 2. The van der Waals surface area contributed by atoms with Crippen molar-refractivity contribution in [2.45, 2.75) is 26.3 Å². The highest BCUT2D eigenvalue weighted by Crippen LogP contribution is 2.39. The lowest BCUT2D eigenvalue weighted by Crippen LogP contribution is -2.19. The molecule has 2 atom stereocenters. The number of imidazole rings is 1. The first-order valence-corrected chi connectivity index (χ1v) is 7.10. The van der Waals surface area contributed by atoms with Crippen molar-refractivity contribution in [3.05, 3.63) is 24.3 Å². The Labute approximate surface area is 121 Å². The van der Waals surface area contributed by atoms with Crippen molar-refractivity contribution in [3.8, 4) is 0 Å². The molecule has 1 aliphatic rings. The average molecular weight is 287 g/mol. The topological polar surface area (TPSA) is 84.2 Å². The number of hydrogen-bond donors (Lipinski definition) is 2. The molecule has 1 saturated carbocycles. The zero-order chi connectivity index (χ0) is 15.0. The molecule has 2 N–H and O–H groups in total. The Morgan fingerprint density at radius 3 is 2.81 bits per heavy atom. The number of nitrogens with one attached hydrogen (secondary N) is 1. The van der Waals surface area contributed by atoms with Gasteiger partial charge in [0.15, 0.2) is 0 Å². The summed E-state index contributed by atoms with van der Waals surface area (Å²) in [5, 5.41) is 11.7. The predicted octanol–water partition coefficient (Wildman–Crippen LogP) is 2.11. The first kappa shape index (κ1) is 13.6. The number of aliphatic carboxylic acids is 1. The summed E-state index contributed by atoms with van der Waals surface area (Å²) in [6, 6.07) is 7.70. The summed E-state index contributed by atoms with van der Waals surface area (Å²) in [5.74, 6) is -1.64. The van der Waals surface area contributed by atoms with Crippen LogP contribution in [0, 0.1) is 11.8 Å². The average Bonchev–Trinajstić information content (AvgIpc) is 3.20. The molecule has 21 heavy (non-hydrogen) atoms. The van der Waals surface area contributed by atoms with Crippen molar-refractivity contribution in [1.29, 1.82) is 0 Å². The number of hydrogen-bond acceptors (Lipinski definition) is 3. The van der Waals surface area contributed by atoms with E-state index in [0.717, 1.165) is 24.0 Å². The molecule has 3 rings (SSSR count). The van der Waals surface area contributed by atoms with Crippen molar-refractivity contribution < 1.29 is 14.7 Å². The third kappa shape index (κ3) is 2.49. The van der Waals surface area contributed by atoms with E-state index in [-0.39, 0.29) is 5.91 Å². The van der Waals surface area contributed by atoms with Crippen LogP contribution < -0.4 is 5.32 Å². The van der Waals surface area contributed by atoms with Gasteiger partial charge in [0, 0.05) is 6.54 Å². The van der Waals surface area contributed by atoms with Crippen LogP contribution in [0.3, 0.4) is 0 Å². The number of carbonyl (C=O) groups is 2. The van der Waals surface area contributed by atoms with Gasteiger partial charge in [-0.2, -0.15) is 0 Å². The van der Waals surface area contributed by atoms with Crippen LogP contribution in [0.2, 0.25) is 0 Å². The van der Waals surface area contributed by atoms with E-state index in [4.69, 9.17) is 5.11 Å². The number of carbonyl (C=O) groups excluding carboxylic acids is 1. The Kier molecular flexibility index (Phi) is 3.37. The van der Waals surface area contributed by atoms with Crippen molar-refractivity contribution in [2.75, 3.05) is 5.32 Å². The van der Waals surface area contributed by atoms with E-state index in [9.17, 15) is 9.59 Å². The maximum Gasteiger partial charge on any atom is 0.307 e.